The number of aromatic nitrogens is 1. The normalized spacial score (nSPS) is 15.1. The van der Waals surface area contributed by atoms with Crippen molar-refractivity contribution in [1.82, 2.24) is 9.88 Å². The number of para-hydroxylation sites is 1. The molecule has 0 radical (unpaired) electrons. The van der Waals surface area contributed by atoms with Gasteiger partial charge in [0.15, 0.2) is 0 Å². The smallest absolute Gasteiger partial charge is 0.248 e. The van der Waals surface area contributed by atoms with E-state index >= 15 is 0 Å². The number of amides is 1. The number of nitrogens with zero attached hydrogens (tertiary/aromatic N) is 2. The lowest BCUT2D eigenvalue weighted by molar-refractivity contribution is -0.111. The Labute approximate surface area is 136 Å². The zero-order chi connectivity index (χ0) is 15.9. The Hall–Kier alpha value is -2.46. The van der Waals surface area contributed by atoms with Crippen molar-refractivity contribution in [2.75, 3.05) is 18.4 Å². The van der Waals surface area contributed by atoms with E-state index in [2.05, 4.69) is 21.3 Å². The summed E-state index contributed by atoms with van der Waals surface area (Å²) in [5.74, 6) is -0.135. The second-order valence-corrected chi connectivity index (χ2v) is 5.72. The van der Waals surface area contributed by atoms with Gasteiger partial charge in [-0.15, -0.1) is 0 Å². The van der Waals surface area contributed by atoms with E-state index in [1.165, 1.54) is 18.9 Å². The molecule has 3 rings (SSSR count). The molecule has 1 aliphatic rings. The van der Waals surface area contributed by atoms with Crippen molar-refractivity contribution in [3.05, 3.63) is 66.0 Å². The van der Waals surface area contributed by atoms with Gasteiger partial charge >= 0.3 is 0 Å². The standard InChI is InChI=1S/C19H21N3O/c23-19(11-10-17-8-3-4-12-20-17)21-18-9-2-1-7-16(18)15-22-13-5-6-14-22/h1-4,7-12H,5-6,13-15H2,(H,21,23)/b11-10+. The summed E-state index contributed by atoms with van der Waals surface area (Å²) in [5.41, 5.74) is 2.82. The third kappa shape index (κ3) is 4.50. The van der Waals surface area contributed by atoms with Crippen LogP contribution in [0.25, 0.3) is 6.08 Å². The van der Waals surface area contributed by atoms with Crippen molar-refractivity contribution in [2.45, 2.75) is 19.4 Å². The van der Waals surface area contributed by atoms with Crippen LogP contribution in [0.15, 0.2) is 54.7 Å². The first-order chi connectivity index (χ1) is 11.3. The number of hydrogen-bond donors (Lipinski definition) is 1. The van der Waals surface area contributed by atoms with Gasteiger partial charge in [0, 0.05) is 24.5 Å². The Morgan fingerprint density at radius 2 is 1.91 bits per heavy atom. The molecule has 0 atom stereocenters. The lowest BCUT2D eigenvalue weighted by Gasteiger charge is -2.17. The minimum atomic E-state index is -0.135. The molecule has 0 aliphatic carbocycles. The Morgan fingerprint density at radius 1 is 1.13 bits per heavy atom. The molecule has 1 N–H and O–H groups in total. The number of likely N-dealkylation sites (tertiary alicyclic amines) is 1. The van der Waals surface area contributed by atoms with Crippen LogP contribution >= 0.6 is 0 Å². The summed E-state index contributed by atoms with van der Waals surface area (Å²) in [4.78, 5) is 18.7. The van der Waals surface area contributed by atoms with Crippen molar-refractivity contribution < 1.29 is 4.79 Å². The fourth-order valence-corrected chi connectivity index (χ4v) is 2.77. The van der Waals surface area contributed by atoms with Crippen molar-refractivity contribution in [3.63, 3.8) is 0 Å². The molecule has 1 aromatic heterocycles. The predicted molar refractivity (Wildman–Crippen MR) is 92.9 cm³/mol. The second kappa shape index (κ2) is 7.70. The predicted octanol–water partition coefficient (Wildman–Crippen LogP) is 3.33. The summed E-state index contributed by atoms with van der Waals surface area (Å²) >= 11 is 0. The molecule has 118 valence electrons. The number of nitrogens with one attached hydrogen (secondary N) is 1. The molecule has 1 amide bonds. The van der Waals surface area contributed by atoms with Crippen molar-refractivity contribution in [3.8, 4) is 0 Å². The summed E-state index contributed by atoms with van der Waals surface area (Å²) in [5, 5.41) is 2.97. The van der Waals surface area contributed by atoms with Crippen LogP contribution < -0.4 is 5.32 Å². The fraction of sp³-hybridized carbons (Fsp3) is 0.263. The van der Waals surface area contributed by atoms with E-state index in [-0.39, 0.29) is 5.91 Å². The van der Waals surface area contributed by atoms with Crippen LogP contribution in [-0.2, 0) is 11.3 Å². The van der Waals surface area contributed by atoms with Crippen LogP contribution in [0.4, 0.5) is 5.69 Å². The molecule has 2 heterocycles. The fourth-order valence-electron chi connectivity index (χ4n) is 2.77. The number of benzene rings is 1. The highest BCUT2D eigenvalue weighted by molar-refractivity contribution is 6.02. The van der Waals surface area contributed by atoms with E-state index < -0.39 is 0 Å². The zero-order valence-corrected chi connectivity index (χ0v) is 13.1. The maximum Gasteiger partial charge on any atom is 0.248 e. The number of rotatable bonds is 5. The average molecular weight is 307 g/mol. The lowest BCUT2D eigenvalue weighted by Crippen LogP contribution is -2.20. The van der Waals surface area contributed by atoms with Gasteiger partial charge in [0.1, 0.15) is 0 Å². The number of carbonyl (C=O) groups excluding carboxylic acids is 1. The summed E-state index contributed by atoms with van der Waals surface area (Å²) in [6, 6.07) is 13.6. The Bertz CT molecular complexity index is 676. The van der Waals surface area contributed by atoms with Gasteiger partial charge in [-0.05, 0) is 55.8 Å². The highest BCUT2D eigenvalue weighted by atomic mass is 16.1. The molecular weight excluding hydrogens is 286 g/mol. The number of pyridine rings is 1. The summed E-state index contributed by atoms with van der Waals surface area (Å²) in [7, 11) is 0. The molecular formula is C19H21N3O. The van der Waals surface area contributed by atoms with Crippen LogP contribution in [0.5, 0.6) is 0 Å². The molecule has 0 spiro atoms. The molecule has 0 unspecified atom stereocenters. The molecule has 4 heteroatoms. The summed E-state index contributed by atoms with van der Waals surface area (Å²) < 4.78 is 0. The molecule has 4 nitrogen and oxygen atoms in total. The number of anilines is 1. The monoisotopic (exact) mass is 307 g/mol. The Kier molecular flexibility index (Phi) is 5.17. The molecule has 1 aromatic carbocycles. The van der Waals surface area contributed by atoms with Crippen LogP contribution in [-0.4, -0.2) is 28.9 Å². The van der Waals surface area contributed by atoms with E-state index in [4.69, 9.17) is 0 Å². The molecule has 0 bridgehead atoms. The average Bonchev–Trinajstić information content (AvgIpc) is 3.09. The zero-order valence-electron chi connectivity index (χ0n) is 13.1. The number of carbonyl (C=O) groups is 1. The van der Waals surface area contributed by atoms with Gasteiger partial charge in [0.25, 0.3) is 0 Å². The lowest BCUT2D eigenvalue weighted by atomic mass is 10.1. The maximum absolute atomic E-state index is 12.1. The molecule has 2 aromatic rings. The van der Waals surface area contributed by atoms with Crippen LogP contribution in [0.2, 0.25) is 0 Å². The SMILES string of the molecule is O=C(/C=C/c1ccccn1)Nc1ccccc1CN1CCCC1. The highest BCUT2D eigenvalue weighted by Crippen LogP contribution is 2.20. The van der Waals surface area contributed by atoms with Gasteiger partial charge in [-0.25, -0.2) is 0 Å². The van der Waals surface area contributed by atoms with Crippen molar-refractivity contribution in [1.29, 1.82) is 0 Å². The molecule has 23 heavy (non-hydrogen) atoms. The van der Waals surface area contributed by atoms with Gasteiger partial charge in [-0.1, -0.05) is 24.3 Å². The molecule has 0 saturated carbocycles. The highest BCUT2D eigenvalue weighted by Gasteiger charge is 2.13. The van der Waals surface area contributed by atoms with Crippen LogP contribution in [0.3, 0.4) is 0 Å². The maximum atomic E-state index is 12.1. The quantitative estimate of drug-likeness (QED) is 0.862. The Balaban J connectivity index is 1.65. The van der Waals surface area contributed by atoms with Gasteiger partial charge < -0.3 is 5.32 Å². The van der Waals surface area contributed by atoms with E-state index in [0.29, 0.717) is 0 Å². The number of hydrogen-bond acceptors (Lipinski definition) is 3. The van der Waals surface area contributed by atoms with Crippen molar-refractivity contribution >= 4 is 17.7 Å². The van der Waals surface area contributed by atoms with Gasteiger partial charge in [-0.2, -0.15) is 0 Å². The molecule has 1 aliphatic heterocycles. The summed E-state index contributed by atoms with van der Waals surface area (Å²) in [6.45, 7) is 3.17. The van der Waals surface area contributed by atoms with Crippen LogP contribution in [0, 0.1) is 0 Å². The largest absolute Gasteiger partial charge is 0.322 e. The summed E-state index contributed by atoms with van der Waals surface area (Å²) in [6.07, 6.45) is 7.49. The van der Waals surface area contributed by atoms with Gasteiger partial charge in [0.05, 0.1) is 5.69 Å². The first-order valence-electron chi connectivity index (χ1n) is 8.01. The third-order valence-electron chi connectivity index (χ3n) is 3.96. The van der Waals surface area contributed by atoms with E-state index in [1.54, 1.807) is 12.3 Å². The molecule has 1 saturated heterocycles. The van der Waals surface area contributed by atoms with Crippen molar-refractivity contribution in [2.24, 2.45) is 0 Å². The topological polar surface area (TPSA) is 45.2 Å². The first-order valence-corrected chi connectivity index (χ1v) is 8.01. The third-order valence-corrected chi connectivity index (χ3v) is 3.96. The van der Waals surface area contributed by atoms with E-state index in [1.807, 2.05) is 36.4 Å². The van der Waals surface area contributed by atoms with E-state index in [0.717, 1.165) is 36.6 Å². The second-order valence-electron chi connectivity index (χ2n) is 5.72. The first kappa shape index (κ1) is 15.4. The van der Waals surface area contributed by atoms with E-state index in [9.17, 15) is 4.79 Å². The minimum Gasteiger partial charge on any atom is -0.322 e. The minimum absolute atomic E-state index is 0.135. The molecule has 1 fully saturated rings. The van der Waals surface area contributed by atoms with Gasteiger partial charge in [0.2, 0.25) is 5.91 Å². The Morgan fingerprint density at radius 3 is 2.70 bits per heavy atom. The van der Waals surface area contributed by atoms with Crippen LogP contribution in [0.1, 0.15) is 24.1 Å². The van der Waals surface area contributed by atoms with Gasteiger partial charge in [-0.3, -0.25) is 14.7 Å².